The number of methoxy groups -OCH3 is 1. The fraction of sp³-hybridized carbons (Fsp3) is 0.161. The molecule has 1 aromatic heterocycles. The van der Waals surface area contributed by atoms with E-state index in [0.717, 1.165) is 4.47 Å². The van der Waals surface area contributed by atoms with Crippen LogP contribution in [0, 0.1) is 0 Å². The molecule has 0 unspecified atom stereocenters. The molecule has 0 fully saturated rings. The quantitative estimate of drug-likeness (QED) is 0.188. The highest BCUT2D eigenvalue weighted by molar-refractivity contribution is 9.11. The van der Waals surface area contributed by atoms with E-state index in [0.29, 0.717) is 41.9 Å². The van der Waals surface area contributed by atoms with Gasteiger partial charge in [0.25, 0.3) is 5.56 Å². The van der Waals surface area contributed by atoms with Gasteiger partial charge < -0.3 is 14.2 Å². The second kappa shape index (κ2) is 12.6. The lowest BCUT2D eigenvalue weighted by Crippen LogP contribution is -2.40. The molecule has 0 saturated carbocycles. The van der Waals surface area contributed by atoms with E-state index in [1.54, 1.807) is 44.4 Å². The van der Waals surface area contributed by atoms with Crippen LogP contribution in [0.1, 0.15) is 36.6 Å². The molecule has 0 spiro atoms. The van der Waals surface area contributed by atoms with Gasteiger partial charge in [0.2, 0.25) is 0 Å². The number of rotatable bonds is 7. The largest absolute Gasteiger partial charge is 0.497 e. The van der Waals surface area contributed by atoms with Crippen LogP contribution in [0.4, 0.5) is 0 Å². The molecule has 3 aromatic carbocycles. The van der Waals surface area contributed by atoms with Crippen molar-refractivity contribution in [3.05, 3.63) is 118 Å². The molecule has 214 valence electrons. The Hall–Kier alpha value is -3.80. The first-order valence-electron chi connectivity index (χ1n) is 12.8. The number of fused-ring (bicyclic) bond motifs is 1. The molecular weight excluding hydrogens is 688 g/mol. The summed E-state index contributed by atoms with van der Waals surface area (Å²) in [4.78, 5) is 44.8. The maximum atomic E-state index is 14.1. The number of halogens is 2. The lowest BCUT2D eigenvalue weighted by Gasteiger charge is -2.26. The van der Waals surface area contributed by atoms with E-state index in [-0.39, 0.29) is 23.5 Å². The summed E-state index contributed by atoms with van der Waals surface area (Å²) in [5.74, 6) is -0.154. The van der Waals surface area contributed by atoms with Crippen LogP contribution in [0.3, 0.4) is 0 Å². The fourth-order valence-corrected chi connectivity index (χ4v) is 6.95. The molecule has 0 amide bonds. The average Bonchev–Trinajstić information content (AvgIpc) is 3.28. The first-order valence-corrected chi connectivity index (χ1v) is 15.2. The number of thiazole rings is 1. The lowest BCUT2D eigenvalue weighted by atomic mass is 9.93. The maximum Gasteiger partial charge on any atom is 0.338 e. The molecule has 1 aliphatic rings. The number of ether oxygens (including phenoxy) is 3. The summed E-state index contributed by atoms with van der Waals surface area (Å²) < 4.78 is 19.4. The summed E-state index contributed by atoms with van der Waals surface area (Å²) >= 11 is 8.09. The molecule has 4 aromatic rings. The minimum atomic E-state index is -0.828. The van der Waals surface area contributed by atoms with Gasteiger partial charge in [-0.05, 0) is 58.8 Å². The summed E-state index contributed by atoms with van der Waals surface area (Å²) in [6, 6.07) is 19.2. The zero-order valence-electron chi connectivity index (χ0n) is 22.7. The van der Waals surface area contributed by atoms with Gasteiger partial charge in [-0.1, -0.05) is 69.7 Å². The van der Waals surface area contributed by atoms with Crippen LogP contribution in [0.25, 0.3) is 11.8 Å². The molecule has 0 N–H and O–H groups in total. The van der Waals surface area contributed by atoms with Crippen LogP contribution in [0.15, 0.2) is 91.0 Å². The third kappa shape index (κ3) is 5.90. The van der Waals surface area contributed by atoms with Crippen molar-refractivity contribution < 1.29 is 23.8 Å². The zero-order chi connectivity index (χ0) is 30.0. The van der Waals surface area contributed by atoms with E-state index in [9.17, 15) is 14.4 Å². The Labute approximate surface area is 261 Å². The normalized spacial score (nSPS) is 14.7. The summed E-state index contributed by atoms with van der Waals surface area (Å²) in [5, 5.41) is 0. The number of hydrogen-bond donors (Lipinski definition) is 0. The maximum absolute atomic E-state index is 14.1. The van der Waals surface area contributed by atoms with Crippen LogP contribution in [0.5, 0.6) is 11.5 Å². The molecule has 5 rings (SSSR count). The minimum Gasteiger partial charge on any atom is -0.497 e. The van der Waals surface area contributed by atoms with Crippen molar-refractivity contribution in [1.82, 2.24) is 4.57 Å². The van der Waals surface area contributed by atoms with E-state index >= 15 is 0 Å². The Bertz CT molecular complexity index is 1900. The Balaban J connectivity index is 1.83. The van der Waals surface area contributed by atoms with E-state index in [2.05, 4.69) is 31.9 Å². The first-order chi connectivity index (χ1) is 20.2. The van der Waals surface area contributed by atoms with Crippen molar-refractivity contribution in [1.29, 1.82) is 0 Å². The van der Waals surface area contributed by atoms with Crippen LogP contribution < -0.4 is 24.4 Å². The summed E-state index contributed by atoms with van der Waals surface area (Å²) in [6.45, 7) is 3.19. The van der Waals surface area contributed by atoms with Crippen molar-refractivity contribution in [2.24, 2.45) is 4.99 Å². The standard InChI is InChI=1S/C31H24Br2N2O6S/c1-4-40-30(38)25-26(18-8-6-5-7-9-18)34-31-35(27(25)19-10-12-22(39-3)13-11-19)29(37)24(42-31)15-20-14-21(32)16-23(33)28(20)41-17(2)36/h5-16,27H,4H2,1-3H3/b24-15-/t27-/m1/s1. The lowest BCUT2D eigenvalue weighted by molar-refractivity contribution is -0.139. The van der Waals surface area contributed by atoms with Gasteiger partial charge in [-0.15, -0.1) is 0 Å². The molecule has 1 atom stereocenters. The first kappa shape index (κ1) is 29.7. The molecule has 8 nitrogen and oxygen atoms in total. The highest BCUT2D eigenvalue weighted by Gasteiger charge is 2.35. The van der Waals surface area contributed by atoms with Gasteiger partial charge in [-0.3, -0.25) is 14.2 Å². The highest BCUT2D eigenvalue weighted by Crippen LogP contribution is 2.36. The number of benzene rings is 3. The average molecular weight is 712 g/mol. The van der Waals surface area contributed by atoms with E-state index < -0.39 is 18.0 Å². The second-order valence-corrected chi connectivity index (χ2v) is 11.9. The van der Waals surface area contributed by atoms with Crippen LogP contribution in [-0.2, 0) is 14.3 Å². The van der Waals surface area contributed by atoms with E-state index in [4.69, 9.17) is 19.2 Å². The molecule has 2 heterocycles. The van der Waals surface area contributed by atoms with E-state index in [1.807, 2.05) is 42.5 Å². The van der Waals surface area contributed by atoms with Gasteiger partial charge in [0.05, 0.1) is 40.0 Å². The van der Waals surface area contributed by atoms with Gasteiger partial charge in [-0.25, -0.2) is 9.79 Å². The highest BCUT2D eigenvalue weighted by atomic mass is 79.9. The number of aromatic nitrogens is 1. The fourth-order valence-electron chi connectivity index (χ4n) is 4.62. The Morgan fingerprint density at radius 1 is 1.07 bits per heavy atom. The molecule has 1 aliphatic heterocycles. The molecule has 0 radical (unpaired) electrons. The summed E-state index contributed by atoms with van der Waals surface area (Å²) in [5.41, 5.74) is 2.21. The van der Waals surface area contributed by atoms with Crippen LogP contribution >= 0.6 is 43.2 Å². The Morgan fingerprint density at radius 2 is 1.79 bits per heavy atom. The molecule has 0 bridgehead atoms. The Kier molecular flexibility index (Phi) is 8.91. The summed E-state index contributed by atoms with van der Waals surface area (Å²) in [7, 11) is 1.57. The second-order valence-electron chi connectivity index (χ2n) is 9.10. The number of nitrogens with zero attached hydrogens (tertiary/aromatic N) is 2. The number of carbonyl (C=O) groups excluding carboxylic acids is 2. The van der Waals surface area contributed by atoms with Crippen molar-refractivity contribution in [2.45, 2.75) is 19.9 Å². The third-order valence-electron chi connectivity index (χ3n) is 6.37. The molecule has 0 saturated heterocycles. The van der Waals surface area contributed by atoms with Crippen LogP contribution in [-0.4, -0.2) is 30.2 Å². The van der Waals surface area contributed by atoms with Gasteiger partial charge >= 0.3 is 11.9 Å². The van der Waals surface area contributed by atoms with Crippen LogP contribution in [0.2, 0.25) is 0 Å². The predicted molar refractivity (Wildman–Crippen MR) is 167 cm³/mol. The van der Waals surface area contributed by atoms with Gasteiger partial charge in [0, 0.05) is 22.5 Å². The van der Waals surface area contributed by atoms with Gasteiger partial charge in [0.15, 0.2) is 10.6 Å². The topological polar surface area (TPSA) is 96.2 Å². The molecule has 0 aliphatic carbocycles. The zero-order valence-corrected chi connectivity index (χ0v) is 26.7. The smallest absolute Gasteiger partial charge is 0.338 e. The summed E-state index contributed by atoms with van der Waals surface area (Å²) in [6.07, 6.45) is 1.65. The van der Waals surface area contributed by atoms with Gasteiger partial charge in [0.1, 0.15) is 5.75 Å². The van der Waals surface area contributed by atoms with Crippen molar-refractivity contribution >= 4 is 66.9 Å². The van der Waals surface area contributed by atoms with Gasteiger partial charge in [-0.2, -0.15) is 0 Å². The van der Waals surface area contributed by atoms with Crippen molar-refractivity contribution in [3.8, 4) is 11.5 Å². The third-order valence-corrected chi connectivity index (χ3v) is 8.40. The Morgan fingerprint density at radius 3 is 2.43 bits per heavy atom. The minimum absolute atomic E-state index is 0.154. The SMILES string of the molecule is CCOC(=O)C1=C(c2ccccc2)N=c2s/c(=C\c3cc(Br)cc(Br)c3OC(C)=O)c(=O)n2[C@@H]1c1ccc(OC)cc1. The number of carbonyl (C=O) groups is 2. The monoisotopic (exact) mass is 710 g/mol. The molecule has 11 heteroatoms. The predicted octanol–water partition coefficient (Wildman–Crippen LogP) is 5.39. The molecule has 42 heavy (non-hydrogen) atoms. The number of hydrogen-bond acceptors (Lipinski definition) is 8. The molecular formula is C31H24Br2N2O6S. The number of esters is 2. The van der Waals surface area contributed by atoms with E-state index in [1.165, 1.54) is 22.8 Å². The van der Waals surface area contributed by atoms with Crippen molar-refractivity contribution in [2.75, 3.05) is 13.7 Å². The van der Waals surface area contributed by atoms with Crippen molar-refractivity contribution in [3.63, 3.8) is 0 Å².